The Kier molecular flexibility index (Phi) is 3.86. The first-order valence-corrected chi connectivity index (χ1v) is 6.44. The van der Waals surface area contributed by atoms with Crippen LogP contribution in [-0.2, 0) is 4.79 Å². The lowest BCUT2D eigenvalue weighted by molar-refractivity contribution is -0.137. The highest BCUT2D eigenvalue weighted by Crippen LogP contribution is 2.28. The molecule has 1 aliphatic carbocycles. The molecule has 0 bridgehead atoms. The van der Waals surface area contributed by atoms with Gasteiger partial charge < -0.3 is 15.3 Å². The van der Waals surface area contributed by atoms with Gasteiger partial charge in [-0.25, -0.2) is 4.79 Å². The topological polar surface area (TPSA) is 69.6 Å². The quantitative estimate of drug-likeness (QED) is 0.781. The predicted molar refractivity (Wildman–Crippen MR) is 62.7 cm³/mol. The molecule has 0 aromatic carbocycles. The van der Waals surface area contributed by atoms with Crippen LogP contribution in [0.2, 0.25) is 0 Å². The maximum Gasteiger partial charge on any atom is 0.317 e. The van der Waals surface area contributed by atoms with Gasteiger partial charge in [-0.15, -0.1) is 0 Å². The number of nitrogens with one attached hydrogen (secondary N) is 1. The molecule has 1 heterocycles. The molecule has 0 radical (unpaired) electrons. The van der Waals surface area contributed by atoms with Crippen molar-refractivity contribution in [3.05, 3.63) is 0 Å². The fourth-order valence-corrected chi connectivity index (χ4v) is 2.84. The van der Waals surface area contributed by atoms with Gasteiger partial charge in [0.15, 0.2) is 0 Å². The Morgan fingerprint density at radius 2 is 2.06 bits per heavy atom. The van der Waals surface area contributed by atoms with Crippen LogP contribution in [0.15, 0.2) is 0 Å². The van der Waals surface area contributed by atoms with E-state index in [1.54, 1.807) is 4.90 Å². The highest BCUT2D eigenvalue weighted by molar-refractivity contribution is 5.77. The molecular weight excluding hydrogens is 220 g/mol. The van der Waals surface area contributed by atoms with Crippen LogP contribution in [0.5, 0.6) is 0 Å². The number of aliphatic carboxylic acids is 1. The molecule has 1 unspecified atom stereocenters. The minimum absolute atomic E-state index is 0.0325. The van der Waals surface area contributed by atoms with Crippen LogP contribution in [0.1, 0.15) is 38.5 Å². The number of nitrogens with zero attached hydrogens (tertiary/aromatic N) is 1. The van der Waals surface area contributed by atoms with E-state index in [0.717, 1.165) is 0 Å². The first kappa shape index (κ1) is 12.2. The van der Waals surface area contributed by atoms with Gasteiger partial charge in [-0.2, -0.15) is 0 Å². The molecular formula is C12H20N2O3. The van der Waals surface area contributed by atoms with E-state index in [9.17, 15) is 9.59 Å². The van der Waals surface area contributed by atoms with Crippen LogP contribution < -0.4 is 5.32 Å². The highest BCUT2D eigenvalue weighted by atomic mass is 16.4. The first-order valence-electron chi connectivity index (χ1n) is 6.44. The van der Waals surface area contributed by atoms with Gasteiger partial charge in [0.1, 0.15) is 0 Å². The predicted octanol–water partition coefficient (Wildman–Crippen LogP) is 1.44. The Labute approximate surface area is 101 Å². The molecule has 1 saturated heterocycles. The zero-order valence-electron chi connectivity index (χ0n) is 10.0. The molecule has 96 valence electrons. The normalized spacial score (nSPS) is 26.0. The number of hydrogen-bond acceptors (Lipinski definition) is 2. The van der Waals surface area contributed by atoms with E-state index in [0.29, 0.717) is 19.0 Å². The lowest BCUT2D eigenvalue weighted by Gasteiger charge is -2.26. The molecule has 2 fully saturated rings. The summed E-state index contributed by atoms with van der Waals surface area (Å²) in [5, 5.41) is 11.6. The molecule has 5 heteroatoms. The van der Waals surface area contributed by atoms with E-state index in [4.69, 9.17) is 5.11 Å². The monoisotopic (exact) mass is 240 g/mol. The summed E-state index contributed by atoms with van der Waals surface area (Å²) < 4.78 is 0. The number of urea groups is 1. The van der Waals surface area contributed by atoms with E-state index in [-0.39, 0.29) is 18.5 Å². The number of carboxylic acids is 1. The minimum Gasteiger partial charge on any atom is -0.481 e. The fourth-order valence-electron chi connectivity index (χ4n) is 2.84. The van der Waals surface area contributed by atoms with E-state index in [1.807, 2.05) is 0 Å². The van der Waals surface area contributed by atoms with Crippen molar-refractivity contribution in [2.24, 2.45) is 5.92 Å². The summed E-state index contributed by atoms with van der Waals surface area (Å²) in [7, 11) is 0. The Morgan fingerprint density at radius 1 is 1.35 bits per heavy atom. The molecule has 2 amide bonds. The highest BCUT2D eigenvalue weighted by Gasteiger charge is 2.34. The number of rotatable bonds is 4. The summed E-state index contributed by atoms with van der Waals surface area (Å²) in [5.74, 6) is -0.263. The Balaban J connectivity index is 1.83. The van der Waals surface area contributed by atoms with Gasteiger partial charge in [0.2, 0.25) is 0 Å². The second-order valence-corrected chi connectivity index (χ2v) is 5.04. The van der Waals surface area contributed by atoms with Crippen molar-refractivity contribution in [2.45, 2.75) is 44.6 Å². The molecule has 1 atom stereocenters. The molecule has 0 spiro atoms. The van der Waals surface area contributed by atoms with E-state index in [2.05, 4.69) is 5.32 Å². The van der Waals surface area contributed by atoms with Crippen molar-refractivity contribution in [3.8, 4) is 0 Å². The third-order valence-electron chi connectivity index (χ3n) is 3.83. The molecule has 2 N–H and O–H groups in total. The molecule has 5 nitrogen and oxygen atoms in total. The standard InChI is InChI=1S/C12H20N2O3/c15-11(16)6-7-14-8-10(13-12(14)17)9-4-2-1-3-5-9/h9-10H,1-8H2,(H,13,17)(H,15,16). The van der Waals surface area contributed by atoms with Crippen LogP contribution >= 0.6 is 0 Å². The fraction of sp³-hybridized carbons (Fsp3) is 0.833. The summed E-state index contributed by atoms with van der Waals surface area (Å²) in [4.78, 5) is 23.8. The average Bonchev–Trinajstić information content (AvgIpc) is 2.69. The van der Waals surface area contributed by atoms with Crippen LogP contribution in [-0.4, -0.2) is 41.1 Å². The average molecular weight is 240 g/mol. The van der Waals surface area contributed by atoms with Crippen molar-refractivity contribution in [3.63, 3.8) is 0 Å². The Bertz CT molecular complexity index is 300. The Hall–Kier alpha value is -1.26. The van der Waals surface area contributed by atoms with Crippen molar-refractivity contribution >= 4 is 12.0 Å². The lowest BCUT2D eigenvalue weighted by atomic mass is 9.84. The minimum atomic E-state index is -0.848. The third-order valence-corrected chi connectivity index (χ3v) is 3.83. The molecule has 0 aromatic rings. The lowest BCUT2D eigenvalue weighted by Crippen LogP contribution is -2.35. The van der Waals surface area contributed by atoms with Crippen LogP contribution in [0.25, 0.3) is 0 Å². The molecule has 17 heavy (non-hydrogen) atoms. The third kappa shape index (κ3) is 3.11. The van der Waals surface area contributed by atoms with Gasteiger partial charge in [-0.1, -0.05) is 19.3 Å². The smallest absolute Gasteiger partial charge is 0.317 e. The van der Waals surface area contributed by atoms with Crippen molar-refractivity contribution in [2.75, 3.05) is 13.1 Å². The van der Waals surface area contributed by atoms with Gasteiger partial charge >= 0.3 is 12.0 Å². The van der Waals surface area contributed by atoms with Crippen molar-refractivity contribution in [1.29, 1.82) is 0 Å². The summed E-state index contributed by atoms with van der Waals surface area (Å²) in [5.41, 5.74) is 0. The number of carbonyl (C=O) groups is 2. The number of amides is 2. The van der Waals surface area contributed by atoms with Gasteiger partial charge in [-0.3, -0.25) is 4.79 Å². The summed E-state index contributed by atoms with van der Waals surface area (Å²) in [6.45, 7) is 1.00. The second kappa shape index (κ2) is 5.38. The number of hydrogen-bond donors (Lipinski definition) is 2. The molecule has 0 aromatic heterocycles. The maximum absolute atomic E-state index is 11.7. The number of carbonyl (C=O) groups excluding carboxylic acids is 1. The van der Waals surface area contributed by atoms with Gasteiger partial charge in [0.05, 0.1) is 12.5 Å². The number of carboxylic acid groups (broad SMARTS) is 1. The molecule has 2 aliphatic rings. The van der Waals surface area contributed by atoms with E-state index < -0.39 is 5.97 Å². The zero-order valence-corrected chi connectivity index (χ0v) is 10.0. The largest absolute Gasteiger partial charge is 0.481 e. The molecule has 1 aliphatic heterocycles. The van der Waals surface area contributed by atoms with Gasteiger partial charge in [0.25, 0.3) is 0 Å². The Morgan fingerprint density at radius 3 is 2.71 bits per heavy atom. The van der Waals surface area contributed by atoms with Crippen LogP contribution in [0.4, 0.5) is 4.79 Å². The molecule has 2 rings (SSSR count). The van der Waals surface area contributed by atoms with Gasteiger partial charge in [-0.05, 0) is 18.8 Å². The van der Waals surface area contributed by atoms with Crippen LogP contribution in [0, 0.1) is 5.92 Å². The van der Waals surface area contributed by atoms with E-state index >= 15 is 0 Å². The summed E-state index contributed by atoms with van der Waals surface area (Å²) in [6, 6.07) is 0.137. The summed E-state index contributed by atoms with van der Waals surface area (Å²) in [6.07, 6.45) is 6.23. The maximum atomic E-state index is 11.7. The van der Waals surface area contributed by atoms with Gasteiger partial charge in [0, 0.05) is 13.1 Å². The second-order valence-electron chi connectivity index (χ2n) is 5.04. The zero-order chi connectivity index (χ0) is 12.3. The van der Waals surface area contributed by atoms with E-state index in [1.165, 1.54) is 32.1 Å². The summed E-state index contributed by atoms with van der Waals surface area (Å²) >= 11 is 0. The van der Waals surface area contributed by atoms with Crippen molar-refractivity contribution in [1.82, 2.24) is 10.2 Å². The first-order chi connectivity index (χ1) is 8.16. The molecule has 1 saturated carbocycles. The SMILES string of the molecule is O=C(O)CCN1CC(C2CCCCC2)NC1=O. The van der Waals surface area contributed by atoms with Crippen molar-refractivity contribution < 1.29 is 14.7 Å². The van der Waals surface area contributed by atoms with Crippen LogP contribution in [0.3, 0.4) is 0 Å².